The van der Waals surface area contributed by atoms with Crippen molar-refractivity contribution < 1.29 is 14.7 Å². The third-order valence-corrected chi connectivity index (χ3v) is 4.55. The molecule has 1 amide bonds. The largest absolute Gasteiger partial charge is 0.478 e. The van der Waals surface area contributed by atoms with Gasteiger partial charge in [-0.25, -0.2) is 4.79 Å². The van der Waals surface area contributed by atoms with Crippen molar-refractivity contribution in [2.75, 3.05) is 0 Å². The first-order valence-electron chi connectivity index (χ1n) is 8.12. The summed E-state index contributed by atoms with van der Waals surface area (Å²) >= 11 is 0. The van der Waals surface area contributed by atoms with Gasteiger partial charge in [-0.3, -0.25) is 4.79 Å². The van der Waals surface area contributed by atoms with Crippen LogP contribution < -0.4 is 0 Å². The first-order valence-corrected chi connectivity index (χ1v) is 8.12. The highest BCUT2D eigenvalue weighted by Gasteiger charge is 2.38. The summed E-state index contributed by atoms with van der Waals surface area (Å²) in [6.07, 6.45) is 0. The molecule has 0 aliphatic carbocycles. The number of carboxylic acid groups (broad SMARTS) is 1. The Labute approximate surface area is 141 Å². The van der Waals surface area contributed by atoms with E-state index in [1.54, 1.807) is 12.1 Å². The molecule has 0 spiro atoms. The number of hydrogen-bond acceptors (Lipinski definition) is 2. The molecule has 1 N–H and O–H groups in total. The number of nitrogens with zero attached hydrogens (tertiary/aromatic N) is 1. The summed E-state index contributed by atoms with van der Waals surface area (Å²) in [5.74, 6) is -0.854. The minimum absolute atomic E-state index is 0.0309. The molecule has 0 radical (unpaired) electrons. The van der Waals surface area contributed by atoms with Gasteiger partial charge in [-0.05, 0) is 36.1 Å². The normalized spacial score (nSPS) is 16.6. The molecule has 0 aromatic heterocycles. The summed E-state index contributed by atoms with van der Waals surface area (Å²) in [4.78, 5) is 25.9. The third kappa shape index (κ3) is 2.80. The predicted molar refractivity (Wildman–Crippen MR) is 92.0 cm³/mol. The number of hydrogen-bond donors (Lipinski definition) is 1. The summed E-state index contributed by atoms with van der Waals surface area (Å²) < 4.78 is 0. The van der Waals surface area contributed by atoms with E-state index in [4.69, 9.17) is 0 Å². The van der Waals surface area contributed by atoms with Gasteiger partial charge in [0.2, 0.25) is 0 Å². The highest BCUT2D eigenvalue weighted by Crippen LogP contribution is 2.39. The fraction of sp³-hybridized carbons (Fsp3) is 0.300. The van der Waals surface area contributed by atoms with Gasteiger partial charge in [0, 0.05) is 12.1 Å². The first kappa shape index (κ1) is 16.2. The Morgan fingerprint density at radius 1 is 1.17 bits per heavy atom. The fourth-order valence-corrected chi connectivity index (χ4v) is 3.36. The molecular formula is C20H21NO3. The number of carbonyl (C=O) groups excluding carboxylic acids is 1. The number of benzene rings is 2. The number of aryl methyl sites for hydroxylation is 1. The second-order valence-corrected chi connectivity index (χ2v) is 6.71. The Hall–Kier alpha value is -2.62. The van der Waals surface area contributed by atoms with E-state index in [1.165, 1.54) is 11.6 Å². The molecule has 0 fully saturated rings. The lowest BCUT2D eigenvalue weighted by atomic mass is 9.94. The highest BCUT2D eigenvalue weighted by molar-refractivity contribution is 6.01. The van der Waals surface area contributed by atoms with Crippen LogP contribution in [-0.2, 0) is 6.54 Å². The zero-order chi connectivity index (χ0) is 17.4. The predicted octanol–water partition coefficient (Wildman–Crippen LogP) is 4.05. The fourth-order valence-electron chi connectivity index (χ4n) is 3.36. The Kier molecular flexibility index (Phi) is 4.14. The van der Waals surface area contributed by atoms with Crippen LogP contribution in [0.1, 0.15) is 57.3 Å². The lowest BCUT2D eigenvalue weighted by Gasteiger charge is -2.28. The molecular weight excluding hydrogens is 302 g/mol. The van der Waals surface area contributed by atoms with Gasteiger partial charge in [-0.15, -0.1) is 0 Å². The summed E-state index contributed by atoms with van der Waals surface area (Å²) in [5, 5.41) is 9.18. The second kappa shape index (κ2) is 6.11. The van der Waals surface area contributed by atoms with Crippen molar-refractivity contribution in [1.82, 2.24) is 4.90 Å². The Bertz CT molecular complexity index is 793. The molecule has 0 saturated carbocycles. The van der Waals surface area contributed by atoms with Crippen LogP contribution in [0.2, 0.25) is 0 Å². The average molecular weight is 323 g/mol. The van der Waals surface area contributed by atoms with E-state index in [0.717, 1.165) is 11.1 Å². The number of carboxylic acids is 1. The summed E-state index contributed by atoms with van der Waals surface area (Å²) in [5.41, 5.74) is 3.85. The van der Waals surface area contributed by atoms with Crippen molar-refractivity contribution in [1.29, 1.82) is 0 Å². The highest BCUT2D eigenvalue weighted by atomic mass is 16.4. The van der Waals surface area contributed by atoms with Gasteiger partial charge >= 0.3 is 5.97 Å². The second-order valence-electron chi connectivity index (χ2n) is 6.71. The lowest BCUT2D eigenvalue weighted by molar-refractivity contribution is 0.0665. The summed E-state index contributed by atoms with van der Waals surface area (Å²) in [6, 6.07) is 13.0. The number of amides is 1. The van der Waals surface area contributed by atoms with Crippen molar-refractivity contribution in [3.8, 4) is 0 Å². The van der Waals surface area contributed by atoms with E-state index >= 15 is 0 Å². The monoisotopic (exact) mass is 323 g/mol. The number of fused-ring (bicyclic) bond motifs is 1. The van der Waals surface area contributed by atoms with E-state index in [-0.39, 0.29) is 23.4 Å². The van der Waals surface area contributed by atoms with Crippen LogP contribution in [0.25, 0.3) is 0 Å². The van der Waals surface area contributed by atoms with Crippen LogP contribution in [0.4, 0.5) is 0 Å². The van der Waals surface area contributed by atoms with Gasteiger partial charge in [0.1, 0.15) is 0 Å². The Morgan fingerprint density at radius 3 is 2.42 bits per heavy atom. The van der Waals surface area contributed by atoms with E-state index in [9.17, 15) is 14.7 Å². The van der Waals surface area contributed by atoms with Gasteiger partial charge in [0.05, 0.1) is 11.6 Å². The van der Waals surface area contributed by atoms with Gasteiger partial charge in [-0.2, -0.15) is 0 Å². The van der Waals surface area contributed by atoms with Crippen molar-refractivity contribution in [2.45, 2.75) is 33.4 Å². The maximum absolute atomic E-state index is 12.9. The number of aromatic carboxylic acids is 1. The van der Waals surface area contributed by atoms with Crippen molar-refractivity contribution in [2.24, 2.45) is 5.92 Å². The quantitative estimate of drug-likeness (QED) is 0.923. The zero-order valence-corrected chi connectivity index (χ0v) is 14.1. The molecule has 1 unspecified atom stereocenters. The van der Waals surface area contributed by atoms with Gasteiger partial charge in [0.25, 0.3) is 5.91 Å². The molecule has 4 nitrogen and oxygen atoms in total. The lowest BCUT2D eigenvalue weighted by Crippen LogP contribution is -2.30. The SMILES string of the molecule is Cc1ccc(CN2C(=O)c3cc(C(=O)O)ccc3C2C(C)C)cc1. The Morgan fingerprint density at radius 2 is 1.83 bits per heavy atom. The first-order chi connectivity index (χ1) is 11.4. The minimum Gasteiger partial charge on any atom is -0.478 e. The molecule has 2 aromatic rings. The smallest absolute Gasteiger partial charge is 0.335 e. The molecule has 2 aromatic carbocycles. The average Bonchev–Trinajstić information content (AvgIpc) is 2.82. The molecule has 3 rings (SSSR count). The van der Waals surface area contributed by atoms with Crippen molar-refractivity contribution in [3.05, 3.63) is 70.3 Å². The third-order valence-electron chi connectivity index (χ3n) is 4.55. The molecule has 124 valence electrons. The number of carbonyl (C=O) groups is 2. The van der Waals surface area contributed by atoms with Crippen LogP contribution in [0.3, 0.4) is 0 Å². The topological polar surface area (TPSA) is 57.6 Å². The molecule has 0 bridgehead atoms. The van der Waals surface area contributed by atoms with Gasteiger partial charge in [-0.1, -0.05) is 49.7 Å². The molecule has 1 heterocycles. The van der Waals surface area contributed by atoms with E-state index in [1.807, 2.05) is 36.1 Å². The maximum Gasteiger partial charge on any atom is 0.335 e. The number of rotatable bonds is 4. The Balaban J connectivity index is 1.99. The molecule has 0 saturated heterocycles. The molecule has 1 aliphatic rings. The van der Waals surface area contributed by atoms with Gasteiger partial charge in [0.15, 0.2) is 0 Å². The van der Waals surface area contributed by atoms with Crippen LogP contribution in [0, 0.1) is 12.8 Å². The summed E-state index contributed by atoms with van der Waals surface area (Å²) in [7, 11) is 0. The zero-order valence-electron chi connectivity index (χ0n) is 14.1. The van der Waals surface area contributed by atoms with E-state index in [0.29, 0.717) is 12.1 Å². The van der Waals surface area contributed by atoms with E-state index < -0.39 is 5.97 Å². The van der Waals surface area contributed by atoms with Crippen LogP contribution >= 0.6 is 0 Å². The molecule has 1 atom stereocenters. The molecule has 4 heteroatoms. The van der Waals surface area contributed by atoms with E-state index in [2.05, 4.69) is 13.8 Å². The van der Waals surface area contributed by atoms with Crippen molar-refractivity contribution >= 4 is 11.9 Å². The standard InChI is InChI=1S/C20H21NO3/c1-12(2)18-16-9-8-15(20(23)24)10-17(16)19(22)21(18)11-14-6-4-13(3)5-7-14/h4-10,12,18H,11H2,1-3H3,(H,23,24). The van der Waals surface area contributed by atoms with Crippen LogP contribution in [-0.4, -0.2) is 21.9 Å². The summed E-state index contributed by atoms with van der Waals surface area (Å²) in [6.45, 7) is 6.73. The molecule has 24 heavy (non-hydrogen) atoms. The minimum atomic E-state index is -1.01. The molecule has 1 aliphatic heterocycles. The van der Waals surface area contributed by atoms with Crippen LogP contribution in [0.15, 0.2) is 42.5 Å². The maximum atomic E-state index is 12.9. The van der Waals surface area contributed by atoms with Crippen molar-refractivity contribution in [3.63, 3.8) is 0 Å². The van der Waals surface area contributed by atoms with Crippen LogP contribution in [0.5, 0.6) is 0 Å². The van der Waals surface area contributed by atoms with Gasteiger partial charge < -0.3 is 10.0 Å².